The maximum atomic E-state index is 12.8. The van der Waals surface area contributed by atoms with Crippen LogP contribution in [-0.4, -0.2) is 19.3 Å². The molecular weight excluding hydrogens is 366 g/mol. The molecule has 1 heterocycles. The fourth-order valence-corrected chi connectivity index (χ4v) is 5.01. The van der Waals surface area contributed by atoms with Crippen LogP contribution in [0, 0.1) is 0 Å². The molecule has 4 rings (SSSR count). The summed E-state index contributed by atoms with van der Waals surface area (Å²) in [6, 6.07) is 6.13. The Labute approximate surface area is 157 Å². The molecule has 4 N–H and O–H groups in total. The van der Waals surface area contributed by atoms with E-state index in [0.717, 1.165) is 54.5 Å². The Morgan fingerprint density at radius 1 is 1.15 bits per heavy atom. The number of amides is 1. The monoisotopic (exact) mass is 387 g/mol. The number of H-pyrrole nitrogens is 1. The van der Waals surface area contributed by atoms with Crippen molar-refractivity contribution in [1.82, 2.24) is 10.3 Å². The van der Waals surface area contributed by atoms with Crippen molar-refractivity contribution in [3.63, 3.8) is 0 Å². The number of aryl methyl sites for hydroxylation is 2. The maximum absolute atomic E-state index is 12.8. The molecule has 2 aromatic rings. The van der Waals surface area contributed by atoms with Gasteiger partial charge in [0.15, 0.2) is 0 Å². The summed E-state index contributed by atoms with van der Waals surface area (Å²) in [6.07, 6.45) is 4.64. The van der Waals surface area contributed by atoms with Gasteiger partial charge in [0.1, 0.15) is 0 Å². The molecule has 1 amide bonds. The topological polar surface area (TPSA) is 122 Å². The number of aromatic amines is 1. The predicted molar refractivity (Wildman–Crippen MR) is 100 cm³/mol. The Bertz CT molecular complexity index is 1090. The lowest BCUT2D eigenvalue weighted by molar-refractivity contribution is 0.0932. The molecule has 0 radical (unpaired) electrons. The van der Waals surface area contributed by atoms with Gasteiger partial charge >= 0.3 is 0 Å². The van der Waals surface area contributed by atoms with E-state index < -0.39 is 10.0 Å². The number of nitrogens with two attached hydrogens (primary N) is 1. The Morgan fingerprint density at radius 3 is 2.74 bits per heavy atom. The van der Waals surface area contributed by atoms with Crippen molar-refractivity contribution in [3.05, 3.63) is 62.6 Å². The van der Waals surface area contributed by atoms with Crippen molar-refractivity contribution >= 4 is 15.9 Å². The fourth-order valence-electron chi connectivity index (χ4n) is 4.14. The summed E-state index contributed by atoms with van der Waals surface area (Å²) in [7, 11) is -3.89. The number of hydrogen-bond donors (Lipinski definition) is 3. The number of carbonyl (C=O) groups is 1. The average molecular weight is 387 g/mol. The number of primary sulfonamides is 1. The SMILES string of the molecule is NS(=O)(=O)c1cc(C(=O)NC2CCCc3[nH]c(=O)ccc32)cc2c1CCC2. The molecule has 142 valence electrons. The van der Waals surface area contributed by atoms with Gasteiger partial charge in [0.25, 0.3) is 5.91 Å². The van der Waals surface area contributed by atoms with Crippen LogP contribution in [0.4, 0.5) is 0 Å². The van der Waals surface area contributed by atoms with Crippen LogP contribution in [0.25, 0.3) is 0 Å². The molecule has 2 aliphatic rings. The minimum absolute atomic E-state index is 0.0519. The van der Waals surface area contributed by atoms with Gasteiger partial charge in [-0.2, -0.15) is 0 Å². The Hall–Kier alpha value is -2.45. The first-order chi connectivity index (χ1) is 12.8. The van der Waals surface area contributed by atoms with Crippen LogP contribution in [0.5, 0.6) is 0 Å². The largest absolute Gasteiger partial charge is 0.345 e. The molecule has 1 atom stereocenters. The van der Waals surface area contributed by atoms with Crippen molar-refractivity contribution in [1.29, 1.82) is 0 Å². The van der Waals surface area contributed by atoms with E-state index in [2.05, 4.69) is 10.3 Å². The Morgan fingerprint density at radius 2 is 1.96 bits per heavy atom. The number of hydrogen-bond acceptors (Lipinski definition) is 4. The first-order valence-electron chi connectivity index (χ1n) is 9.04. The minimum Gasteiger partial charge on any atom is -0.345 e. The van der Waals surface area contributed by atoms with E-state index in [9.17, 15) is 18.0 Å². The summed E-state index contributed by atoms with van der Waals surface area (Å²) in [5.74, 6) is -0.335. The molecule has 0 saturated carbocycles. The number of sulfonamides is 1. The molecule has 1 aromatic heterocycles. The van der Waals surface area contributed by atoms with E-state index in [0.29, 0.717) is 12.0 Å². The number of pyridine rings is 1. The van der Waals surface area contributed by atoms with E-state index in [1.807, 2.05) is 0 Å². The molecule has 1 aromatic carbocycles. The molecule has 1 unspecified atom stereocenters. The van der Waals surface area contributed by atoms with Crippen LogP contribution in [0.3, 0.4) is 0 Å². The molecule has 7 nitrogen and oxygen atoms in total. The lowest BCUT2D eigenvalue weighted by atomic mass is 9.91. The van der Waals surface area contributed by atoms with Gasteiger partial charge < -0.3 is 10.3 Å². The first kappa shape index (κ1) is 17.9. The van der Waals surface area contributed by atoms with E-state index in [1.54, 1.807) is 12.1 Å². The molecule has 27 heavy (non-hydrogen) atoms. The number of fused-ring (bicyclic) bond motifs is 2. The average Bonchev–Trinajstić information content (AvgIpc) is 3.08. The number of nitrogens with one attached hydrogen (secondary N) is 2. The summed E-state index contributed by atoms with van der Waals surface area (Å²) in [4.78, 5) is 27.3. The van der Waals surface area contributed by atoms with Crippen LogP contribution < -0.4 is 16.0 Å². The third-order valence-corrected chi connectivity index (χ3v) is 6.36. The van der Waals surface area contributed by atoms with Gasteiger partial charge in [0.05, 0.1) is 10.9 Å². The Kier molecular flexibility index (Phi) is 4.39. The van der Waals surface area contributed by atoms with Gasteiger partial charge in [-0.1, -0.05) is 0 Å². The number of benzene rings is 1. The molecule has 0 spiro atoms. The zero-order valence-electron chi connectivity index (χ0n) is 14.7. The number of rotatable bonds is 3. The number of carbonyl (C=O) groups excluding carboxylic acids is 1. The summed E-state index contributed by atoms with van der Waals surface area (Å²) in [6.45, 7) is 0. The van der Waals surface area contributed by atoms with Crippen molar-refractivity contribution in [3.8, 4) is 0 Å². The summed E-state index contributed by atoms with van der Waals surface area (Å²) in [5, 5.41) is 8.35. The smallest absolute Gasteiger partial charge is 0.251 e. The normalized spacial score (nSPS) is 18.6. The van der Waals surface area contributed by atoms with Gasteiger partial charge in [-0.15, -0.1) is 0 Å². The second-order valence-electron chi connectivity index (χ2n) is 7.19. The quantitative estimate of drug-likeness (QED) is 0.735. The van der Waals surface area contributed by atoms with Gasteiger partial charge in [0.2, 0.25) is 15.6 Å². The van der Waals surface area contributed by atoms with Gasteiger partial charge in [-0.05, 0) is 73.4 Å². The highest BCUT2D eigenvalue weighted by atomic mass is 32.2. The van der Waals surface area contributed by atoms with Crippen LogP contribution >= 0.6 is 0 Å². The molecule has 0 saturated heterocycles. The van der Waals surface area contributed by atoms with Crippen LogP contribution in [0.15, 0.2) is 34.0 Å². The lowest BCUT2D eigenvalue weighted by Gasteiger charge is -2.26. The van der Waals surface area contributed by atoms with Gasteiger partial charge in [0, 0.05) is 17.3 Å². The van der Waals surface area contributed by atoms with Crippen LogP contribution in [0.2, 0.25) is 0 Å². The summed E-state index contributed by atoms with van der Waals surface area (Å²) in [5.41, 5.74) is 3.50. The minimum atomic E-state index is -3.89. The fraction of sp³-hybridized carbons (Fsp3) is 0.368. The second-order valence-corrected chi connectivity index (χ2v) is 8.72. The standard InChI is InChI=1S/C19H21N3O4S/c20-27(25,26)17-10-12(9-11-3-1-4-13(11)17)19(24)22-16-6-2-5-15-14(16)7-8-18(23)21-15/h7-10,16H,1-6H2,(H,21,23)(H,22,24)(H2,20,25,26). The number of aromatic nitrogens is 1. The van der Waals surface area contributed by atoms with Gasteiger partial charge in [-0.25, -0.2) is 13.6 Å². The molecule has 8 heteroatoms. The first-order valence-corrected chi connectivity index (χ1v) is 10.6. The van der Waals surface area contributed by atoms with Crippen molar-refractivity contribution in [2.75, 3.05) is 0 Å². The second kappa shape index (κ2) is 6.61. The zero-order chi connectivity index (χ0) is 19.2. The molecule has 2 aliphatic carbocycles. The third kappa shape index (κ3) is 3.42. The maximum Gasteiger partial charge on any atom is 0.251 e. The third-order valence-electron chi connectivity index (χ3n) is 5.38. The molecule has 0 fully saturated rings. The Balaban J connectivity index is 1.67. The van der Waals surface area contributed by atoms with E-state index >= 15 is 0 Å². The predicted octanol–water partition coefficient (Wildman–Crippen LogP) is 1.32. The molecular formula is C19H21N3O4S. The zero-order valence-corrected chi connectivity index (χ0v) is 15.6. The van der Waals surface area contributed by atoms with Crippen molar-refractivity contribution in [2.24, 2.45) is 5.14 Å². The van der Waals surface area contributed by atoms with Crippen LogP contribution in [0.1, 0.15) is 58.0 Å². The van der Waals surface area contributed by atoms with E-state index in [1.165, 1.54) is 12.1 Å². The highest BCUT2D eigenvalue weighted by Gasteiger charge is 2.26. The highest BCUT2D eigenvalue weighted by Crippen LogP contribution is 2.31. The lowest BCUT2D eigenvalue weighted by Crippen LogP contribution is -2.32. The van der Waals surface area contributed by atoms with Crippen molar-refractivity contribution < 1.29 is 13.2 Å². The van der Waals surface area contributed by atoms with E-state index in [4.69, 9.17) is 5.14 Å². The molecule has 0 bridgehead atoms. The van der Waals surface area contributed by atoms with Crippen molar-refractivity contribution in [2.45, 2.75) is 49.5 Å². The van der Waals surface area contributed by atoms with Gasteiger partial charge in [-0.3, -0.25) is 9.59 Å². The summed E-state index contributed by atoms with van der Waals surface area (Å²) >= 11 is 0. The van der Waals surface area contributed by atoms with Crippen LogP contribution in [-0.2, 0) is 29.3 Å². The van der Waals surface area contributed by atoms with E-state index in [-0.39, 0.29) is 22.4 Å². The summed E-state index contributed by atoms with van der Waals surface area (Å²) < 4.78 is 23.9. The highest BCUT2D eigenvalue weighted by molar-refractivity contribution is 7.89. The molecule has 0 aliphatic heterocycles.